The van der Waals surface area contributed by atoms with Crippen LogP contribution >= 0.6 is 0 Å². The van der Waals surface area contributed by atoms with E-state index in [0.717, 1.165) is 30.2 Å². The van der Waals surface area contributed by atoms with Crippen molar-refractivity contribution in [2.24, 2.45) is 5.73 Å². The van der Waals surface area contributed by atoms with Crippen molar-refractivity contribution in [1.82, 2.24) is 4.98 Å². The summed E-state index contributed by atoms with van der Waals surface area (Å²) in [5, 5.41) is 0. The van der Waals surface area contributed by atoms with Gasteiger partial charge in [-0.1, -0.05) is 18.2 Å². The molecule has 2 heterocycles. The van der Waals surface area contributed by atoms with E-state index >= 15 is 0 Å². The number of para-hydroxylation sites is 1. The number of anilines is 1. The number of benzene rings is 1. The van der Waals surface area contributed by atoms with Crippen molar-refractivity contribution in [3.8, 4) is 5.75 Å². The topological polar surface area (TPSA) is 51.4 Å². The molecule has 1 aliphatic heterocycles. The third-order valence-electron chi connectivity index (χ3n) is 3.32. The lowest BCUT2D eigenvalue weighted by molar-refractivity contribution is 0.331. The molecule has 0 amide bonds. The molecule has 4 nitrogen and oxygen atoms in total. The molecule has 1 aromatic carbocycles. The summed E-state index contributed by atoms with van der Waals surface area (Å²) in [6.45, 7) is 2.86. The summed E-state index contributed by atoms with van der Waals surface area (Å²) in [5.41, 5.74) is 7.98. The molecule has 0 unspecified atom stereocenters. The Bertz CT molecular complexity index is 571. The van der Waals surface area contributed by atoms with Crippen LogP contribution in [0.5, 0.6) is 5.75 Å². The minimum absolute atomic E-state index is 0.538. The van der Waals surface area contributed by atoms with Gasteiger partial charge >= 0.3 is 0 Å². The van der Waals surface area contributed by atoms with Gasteiger partial charge in [-0.25, -0.2) is 4.98 Å². The fourth-order valence-corrected chi connectivity index (χ4v) is 2.28. The lowest BCUT2D eigenvalue weighted by atomic mass is 10.2. The quantitative estimate of drug-likeness (QED) is 0.891. The zero-order chi connectivity index (χ0) is 13.1. The third kappa shape index (κ3) is 2.53. The number of hydrogen-bond donors (Lipinski definition) is 1. The molecule has 0 bridgehead atoms. The molecule has 98 valence electrons. The van der Waals surface area contributed by atoms with Gasteiger partial charge in [0.15, 0.2) is 0 Å². The van der Waals surface area contributed by atoms with Gasteiger partial charge in [-0.2, -0.15) is 0 Å². The molecular weight excluding hydrogens is 238 g/mol. The summed E-state index contributed by atoms with van der Waals surface area (Å²) in [6.07, 6.45) is 1.81. The average molecular weight is 255 g/mol. The summed E-state index contributed by atoms with van der Waals surface area (Å²) in [7, 11) is 0. The monoisotopic (exact) mass is 255 g/mol. The van der Waals surface area contributed by atoms with E-state index in [9.17, 15) is 0 Å². The maximum atomic E-state index is 5.76. The minimum atomic E-state index is 0.538. The maximum absolute atomic E-state index is 5.76. The fourth-order valence-electron chi connectivity index (χ4n) is 2.28. The highest BCUT2D eigenvalue weighted by atomic mass is 16.5. The Labute approximate surface area is 112 Å². The average Bonchev–Trinajstić information content (AvgIpc) is 2.69. The lowest BCUT2D eigenvalue weighted by Gasteiger charge is -2.21. The summed E-state index contributed by atoms with van der Waals surface area (Å²) in [6, 6.07) is 12.2. The van der Waals surface area contributed by atoms with E-state index in [-0.39, 0.29) is 0 Å². The highest BCUT2D eigenvalue weighted by Gasteiger charge is 2.16. The van der Waals surface area contributed by atoms with Crippen molar-refractivity contribution in [2.75, 3.05) is 18.1 Å². The van der Waals surface area contributed by atoms with Gasteiger partial charge < -0.3 is 15.4 Å². The number of ether oxygens (including phenoxy) is 1. The van der Waals surface area contributed by atoms with Crippen LogP contribution in [0.25, 0.3) is 0 Å². The Hall–Kier alpha value is -2.07. The first-order chi connectivity index (χ1) is 9.36. The van der Waals surface area contributed by atoms with E-state index in [1.165, 1.54) is 5.56 Å². The van der Waals surface area contributed by atoms with E-state index < -0.39 is 0 Å². The SMILES string of the molecule is NCc1ccnc(N2CCOc3ccccc3C2)c1. The number of fused-ring (bicyclic) bond motifs is 1. The normalized spacial score (nSPS) is 14.5. The number of hydrogen-bond acceptors (Lipinski definition) is 4. The van der Waals surface area contributed by atoms with Crippen LogP contribution in [0, 0.1) is 0 Å². The summed E-state index contributed by atoms with van der Waals surface area (Å²) in [4.78, 5) is 6.67. The smallest absolute Gasteiger partial charge is 0.129 e. The van der Waals surface area contributed by atoms with Crippen molar-refractivity contribution in [3.63, 3.8) is 0 Å². The minimum Gasteiger partial charge on any atom is -0.491 e. The summed E-state index contributed by atoms with van der Waals surface area (Å²) < 4.78 is 5.76. The van der Waals surface area contributed by atoms with E-state index in [4.69, 9.17) is 10.5 Å². The zero-order valence-electron chi connectivity index (χ0n) is 10.7. The van der Waals surface area contributed by atoms with Crippen LogP contribution in [0.4, 0.5) is 5.82 Å². The van der Waals surface area contributed by atoms with E-state index in [2.05, 4.69) is 16.0 Å². The Morgan fingerprint density at radius 1 is 1.26 bits per heavy atom. The Balaban J connectivity index is 1.89. The first-order valence-electron chi connectivity index (χ1n) is 6.47. The van der Waals surface area contributed by atoms with Gasteiger partial charge in [-0.15, -0.1) is 0 Å². The molecule has 1 aromatic heterocycles. The number of pyridine rings is 1. The predicted molar refractivity (Wildman–Crippen MR) is 75.1 cm³/mol. The Morgan fingerprint density at radius 2 is 2.16 bits per heavy atom. The molecule has 0 radical (unpaired) electrons. The van der Waals surface area contributed by atoms with Gasteiger partial charge in [0.05, 0.1) is 6.54 Å². The summed E-state index contributed by atoms with van der Waals surface area (Å²) >= 11 is 0. The fraction of sp³-hybridized carbons (Fsp3) is 0.267. The molecule has 0 fully saturated rings. The standard InChI is InChI=1S/C15H17N3O/c16-10-12-5-6-17-15(9-12)18-7-8-19-14-4-2-1-3-13(14)11-18/h1-6,9H,7-8,10-11,16H2. The van der Waals surface area contributed by atoms with E-state index in [0.29, 0.717) is 13.2 Å². The van der Waals surface area contributed by atoms with Crippen molar-refractivity contribution in [1.29, 1.82) is 0 Å². The van der Waals surface area contributed by atoms with Crippen molar-refractivity contribution in [3.05, 3.63) is 53.7 Å². The number of nitrogens with zero attached hydrogens (tertiary/aromatic N) is 2. The van der Waals surface area contributed by atoms with Gasteiger partial charge in [0.25, 0.3) is 0 Å². The maximum Gasteiger partial charge on any atom is 0.129 e. The first-order valence-corrected chi connectivity index (χ1v) is 6.47. The van der Waals surface area contributed by atoms with Crippen LogP contribution in [-0.4, -0.2) is 18.1 Å². The van der Waals surface area contributed by atoms with Crippen LogP contribution in [0.3, 0.4) is 0 Å². The molecule has 0 saturated heterocycles. The molecular formula is C15H17N3O. The van der Waals surface area contributed by atoms with Crippen molar-refractivity contribution >= 4 is 5.82 Å². The Morgan fingerprint density at radius 3 is 3.05 bits per heavy atom. The molecule has 0 spiro atoms. The van der Waals surface area contributed by atoms with Crippen LogP contribution in [0.1, 0.15) is 11.1 Å². The van der Waals surface area contributed by atoms with Crippen LogP contribution in [0.2, 0.25) is 0 Å². The van der Waals surface area contributed by atoms with E-state index in [1.54, 1.807) is 0 Å². The molecule has 0 saturated carbocycles. The number of nitrogens with two attached hydrogens (primary N) is 1. The second kappa shape index (κ2) is 5.28. The van der Waals surface area contributed by atoms with Gasteiger partial charge in [-0.3, -0.25) is 0 Å². The Kier molecular flexibility index (Phi) is 3.33. The molecule has 3 rings (SSSR count). The van der Waals surface area contributed by atoms with Crippen LogP contribution in [0.15, 0.2) is 42.6 Å². The zero-order valence-corrected chi connectivity index (χ0v) is 10.7. The van der Waals surface area contributed by atoms with Gasteiger partial charge in [-0.05, 0) is 23.8 Å². The van der Waals surface area contributed by atoms with Crippen LogP contribution < -0.4 is 15.4 Å². The van der Waals surface area contributed by atoms with Crippen molar-refractivity contribution < 1.29 is 4.74 Å². The number of aromatic nitrogens is 1. The molecule has 0 atom stereocenters. The molecule has 1 aliphatic rings. The second-order valence-corrected chi connectivity index (χ2v) is 4.60. The van der Waals surface area contributed by atoms with Gasteiger partial charge in [0, 0.05) is 24.8 Å². The predicted octanol–water partition coefficient (Wildman–Crippen LogP) is 1.94. The highest BCUT2D eigenvalue weighted by molar-refractivity contribution is 5.45. The third-order valence-corrected chi connectivity index (χ3v) is 3.32. The van der Waals surface area contributed by atoms with Gasteiger partial charge in [0.1, 0.15) is 18.2 Å². The first kappa shape index (κ1) is 12.0. The molecule has 2 N–H and O–H groups in total. The second-order valence-electron chi connectivity index (χ2n) is 4.60. The molecule has 19 heavy (non-hydrogen) atoms. The lowest BCUT2D eigenvalue weighted by Crippen LogP contribution is -2.26. The molecule has 4 heteroatoms. The molecule has 0 aliphatic carbocycles. The van der Waals surface area contributed by atoms with Crippen LogP contribution in [-0.2, 0) is 13.1 Å². The van der Waals surface area contributed by atoms with Gasteiger partial charge in [0.2, 0.25) is 0 Å². The largest absolute Gasteiger partial charge is 0.491 e. The summed E-state index contributed by atoms with van der Waals surface area (Å²) in [5.74, 6) is 1.93. The number of rotatable bonds is 2. The van der Waals surface area contributed by atoms with Crippen molar-refractivity contribution in [2.45, 2.75) is 13.1 Å². The highest BCUT2D eigenvalue weighted by Crippen LogP contribution is 2.25. The van der Waals surface area contributed by atoms with E-state index in [1.807, 2.05) is 36.5 Å². The molecule has 2 aromatic rings.